The molecular weight excluding hydrogens is 186 g/mol. The fraction of sp³-hybridized carbons (Fsp3) is 0.583. The van der Waals surface area contributed by atoms with Gasteiger partial charge < -0.3 is 5.73 Å². The first-order valence-corrected chi connectivity index (χ1v) is 5.65. The number of nitrogens with two attached hydrogens (primary N) is 1. The molecule has 2 rings (SSSR count). The first-order chi connectivity index (χ1) is 7.31. The largest absolute Gasteiger partial charge is 0.330 e. The number of pyridine rings is 1. The van der Waals surface area contributed by atoms with Crippen LogP contribution in [0.2, 0.25) is 0 Å². The van der Waals surface area contributed by atoms with Gasteiger partial charge in [-0.2, -0.15) is 0 Å². The Kier molecular flexibility index (Phi) is 3.34. The SMILES string of the molecule is CC(c1ccncc1)N1CCC(CN)C1. The van der Waals surface area contributed by atoms with Gasteiger partial charge in [-0.1, -0.05) is 0 Å². The lowest BCUT2D eigenvalue weighted by Gasteiger charge is -2.24. The Hall–Kier alpha value is -0.930. The molecule has 1 fully saturated rings. The third kappa shape index (κ3) is 2.36. The lowest BCUT2D eigenvalue weighted by Crippen LogP contribution is -2.26. The van der Waals surface area contributed by atoms with Crippen molar-refractivity contribution in [2.24, 2.45) is 11.7 Å². The van der Waals surface area contributed by atoms with Gasteiger partial charge in [0, 0.05) is 25.0 Å². The number of likely N-dealkylation sites (tertiary alicyclic amines) is 1. The fourth-order valence-corrected chi connectivity index (χ4v) is 2.26. The zero-order chi connectivity index (χ0) is 10.7. The van der Waals surface area contributed by atoms with Crippen LogP contribution in [0.3, 0.4) is 0 Å². The molecule has 1 aromatic rings. The van der Waals surface area contributed by atoms with Crippen molar-refractivity contribution in [1.82, 2.24) is 9.88 Å². The average molecular weight is 205 g/mol. The molecule has 0 amide bonds. The Balaban J connectivity index is 2.00. The predicted molar refractivity (Wildman–Crippen MR) is 61.4 cm³/mol. The van der Waals surface area contributed by atoms with Gasteiger partial charge in [0.15, 0.2) is 0 Å². The molecule has 0 aliphatic carbocycles. The van der Waals surface area contributed by atoms with Crippen LogP contribution in [0.15, 0.2) is 24.5 Å². The van der Waals surface area contributed by atoms with E-state index >= 15 is 0 Å². The third-order valence-corrected chi connectivity index (χ3v) is 3.39. The molecule has 3 nitrogen and oxygen atoms in total. The molecule has 15 heavy (non-hydrogen) atoms. The van der Waals surface area contributed by atoms with Crippen LogP contribution in [0.1, 0.15) is 24.9 Å². The number of hydrogen-bond donors (Lipinski definition) is 1. The minimum absolute atomic E-state index is 0.490. The molecule has 2 heterocycles. The number of rotatable bonds is 3. The van der Waals surface area contributed by atoms with Crippen LogP contribution < -0.4 is 5.73 Å². The van der Waals surface area contributed by atoms with Crippen molar-refractivity contribution in [3.05, 3.63) is 30.1 Å². The van der Waals surface area contributed by atoms with Gasteiger partial charge in [0.1, 0.15) is 0 Å². The Labute approximate surface area is 91.3 Å². The average Bonchev–Trinajstić information content (AvgIpc) is 2.78. The first kappa shape index (κ1) is 10.6. The van der Waals surface area contributed by atoms with Gasteiger partial charge in [-0.05, 0) is 50.0 Å². The second-order valence-electron chi connectivity index (χ2n) is 4.34. The highest BCUT2D eigenvalue weighted by atomic mass is 15.2. The highest BCUT2D eigenvalue weighted by molar-refractivity contribution is 5.14. The standard InChI is InChI=1S/C12H19N3/c1-10(12-2-5-14-6-3-12)15-7-4-11(8-13)9-15/h2-3,5-6,10-11H,4,7-9,13H2,1H3. The second-order valence-corrected chi connectivity index (χ2v) is 4.34. The summed E-state index contributed by atoms with van der Waals surface area (Å²) in [5, 5.41) is 0. The quantitative estimate of drug-likeness (QED) is 0.811. The van der Waals surface area contributed by atoms with Crippen LogP contribution in [0.4, 0.5) is 0 Å². The van der Waals surface area contributed by atoms with E-state index in [2.05, 4.69) is 28.9 Å². The Morgan fingerprint density at radius 3 is 2.87 bits per heavy atom. The van der Waals surface area contributed by atoms with Crippen LogP contribution in [-0.2, 0) is 0 Å². The Bertz CT molecular complexity index is 299. The molecule has 0 bridgehead atoms. The van der Waals surface area contributed by atoms with E-state index in [1.165, 1.54) is 18.5 Å². The van der Waals surface area contributed by atoms with E-state index < -0.39 is 0 Å². The second kappa shape index (κ2) is 4.73. The molecule has 3 heteroatoms. The van der Waals surface area contributed by atoms with E-state index in [1.807, 2.05) is 12.4 Å². The zero-order valence-electron chi connectivity index (χ0n) is 9.26. The maximum Gasteiger partial charge on any atom is 0.0321 e. The Morgan fingerprint density at radius 1 is 1.53 bits per heavy atom. The van der Waals surface area contributed by atoms with Crippen molar-refractivity contribution < 1.29 is 0 Å². The van der Waals surface area contributed by atoms with Gasteiger partial charge in [0.2, 0.25) is 0 Å². The van der Waals surface area contributed by atoms with Gasteiger partial charge in [0.05, 0.1) is 0 Å². The summed E-state index contributed by atoms with van der Waals surface area (Å²) in [5.41, 5.74) is 7.05. The summed E-state index contributed by atoms with van der Waals surface area (Å²) in [7, 11) is 0. The van der Waals surface area contributed by atoms with Crippen molar-refractivity contribution >= 4 is 0 Å². The van der Waals surface area contributed by atoms with E-state index in [9.17, 15) is 0 Å². The van der Waals surface area contributed by atoms with Crippen molar-refractivity contribution in [2.45, 2.75) is 19.4 Å². The summed E-state index contributed by atoms with van der Waals surface area (Å²) in [6.07, 6.45) is 4.97. The molecule has 2 N–H and O–H groups in total. The van der Waals surface area contributed by atoms with Crippen LogP contribution in [0, 0.1) is 5.92 Å². The van der Waals surface area contributed by atoms with Crippen LogP contribution in [-0.4, -0.2) is 29.5 Å². The topological polar surface area (TPSA) is 42.2 Å². The number of nitrogens with zero attached hydrogens (tertiary/aromatic N) is 2. The minimum atomic E-state index is 0.490. The molecule has 2 atom stereocenters. The molecule has 0 radical (unpaired) electrons. The van der Waals surface area contributed by atoms with Crippen LogP contribution >= 0.6 is 0 Å². The zero-order valence-corrected chi connectivity index (χ0v) is 9.26. The van der Waals surface area contributed by atoms with Crippen molar-refractivity contribution in [1.29, 1.82) is 0 Å². The van der Waals surface area contributed by atoms with E-state index in [1.54, 1.807) is 0 Å². The smallest absolute Gasteiger partial charge is 0.0321 e. The first-order valence-electron chi connectivity index (χ1n) is 5.65. The van der Waals surface area contributed by atoms with Crippen molar-refractivity contribution in [3.63, 3.8) is 0 Å². The monoisotopic (exact) mass is 205 g/mol. The summed E-state index contributed by atoms with van der Waals surface area (Å²) >= 11 is 0. The number of aromatic nitrogens is 1. The van der Waals surface area contributed by atoms with Gasteiger partial charge in [-0.15, -0.1) is 0 Å². The molecule has 1 saturated heterocycles. The predicted octanol–water partition coefficient (Wildman–Crippen LogP) is 1.42. The summed E-state index contributed by atoms with van der Waals surface area (Å²) in [6, 6.07) is 4.69. The molecule has 1 aromatic heterocycles. The molecule has 0 spiro atoms. The van der Waals surface area contributed by atoms with Crippen LogP contribution in [0.25, 0.3) is 0 Å². The minimum Gasteiger partial charge on any atom is -0.330 e. The van der Waals surface area contributed by atoms with Gasteiger partial charge >= 0.3 is 0 Å². The highest BCUT2D eigenvalue weighted by Gasteiger charge is 2.25. The fourth-order valence-electron chi connectivity index (χ4n) is 2.26. The molecular formula is C12H19N3. The maximum absolute atomic E-state index is 5.70. The Morgan fingerprint density at radius 2 is 2.27 bits per heavy atom. The van der Waals surface area contributed by atoms with Gasteiger partial charge in [-0.3, -0.25) is 9.88 Å². The van der Waals surface area contributed by atoms with E-state index in [-0.39, 0.29) is 0 Å². The molecule has 0 saturated carbocycles. The summed E-state index contributed by atoms with van der Waals surface area (Å²) in [5.74, 6) is 0.689. The van der Waals surface area contributed by atoms with Crippen LogP contribution in [0.5, 0.6) is 0 Å². The third-order valence-electron chi connectivity index (χ3n) is 3.39. The summed E-state index contributed by atoms with van der Waals surface area (Å²) in [6.45, 7) is 5.39. The molecule has 1 aliphatic heterocycles. The normalized spacial score (nSPS) is 24.3. The molecule has 82 valence electrons. The summed E-state index contributed by atoms with van der Waals surface area (Å²) in [4.78, 5) is 6.55. The van der Waals surface area contributed by atoms with Crippen molar-refractivity contribution in [3.8, 4) is 0 Å². The lowest BCUT2D eigenvalue weighted by atomic mass is 10.1. The molecule has 0 aromatic carbocycles. The van der Waals surface area contributed by atoms with E-state index in [0.717, 1.165) is 13.1 Å². The van der Waals surface area contributed by atoms with Gasteiger partial charge in [0.25, 0.3) is 0 Å². The molecule has 1 aliphatic rings. The maximum atomic E-state index is 5.70. The lowest BCUT2D eigenvalue weighted by molar-refractivity contribution is 0.253. The molecule has 2 unspecified atom stereocenters. The van der Waals surface area contributed by atoms with E-state index in [4.69, 9.17) is 5.73 Å². The number of hydrogen-bond acceptors (Lipinski definition) is 3. The summed E-state index contributed by atoms with van der Waals surface area (Å²) < 4.78 is 0. The van der Waals surface area contributed by atoms with E-state index in [0.29, 0.717) is 12.0 Å². The van der Waals surface area contributed by atoms with Gasteiger partial charge in [-0.25, -0.2) is 0 Å². The van der Waals surface area contributed by atoms with Crippen molar-refractivity contribution in [2.75, 3.05) is 19.6 Å². The highest BCUT2D eigenvalue weighted by Crippen LogP contribution is 2.26.